The molecule has 0 radical (unpaired) electrons. The molecule has 2 aromatic rings. The third-order valence-electron chi connectivity index (χ3n) is 7.46. The predicted octanol–water partition coefficient (Wildman–Crippen LogP) is 7.62. The fourth-order valence-electron chi connectivity index (χ4n) is 5.07. The summed E-state index contributed by atoms with van der Waals surface area (Å²) in [7, 11) is 0. The van der Waals surface area contributed by atoms with E-state index < -0.39 is 0 Å². The minimum Gasteiger partial charge on any atom is -0.508 e. The molecule has 0 heterocycles. The Bertz CT molecular complexity index is 1210. The number of aromatic hydroxyl groups is 1. The lowest BCUT2D eigenvalue weighted by molar-refractivity contribution is -0.123. The van der Waals surface area contributed by atoms with Crippen LogP contribution in [0.4, 0.5) is 4.39 Å². The van der Waals surface area contributed by atoms with Gasteiger partial charge < -0.3 is 5.11 Å². The van der Waals surface area contributed by atoms with Crippen LogP contribution in [-0.4, -0.2) is 16.7 Å². The molecule has 4 rings (SSSR count). The van der Waals surface area contributed by atoms with Crippen molar-refractivity contribution in [1.29, 1.82) is 0 Å². The highest BCUT2D eigenvalue weighted by molar-refractivity contribution is 5.81. The van der Waals surface area contributed by atoms with Crippen LogP contribution in [0.5, 0.6) is 5.75 Å². The number of rotatable bonds is 6. The molecule has 0 amide bonds. The number of hydrogen-bond donors (Lipinski definition) is 1. The van der Waals surface area contributed by atoms with Crippen LogP contribution in [0.1, 0.15) is 99.3 Å². The first-order chi connectivity index (χ1) is 18.3. The molecule has 3 nitrogen and oxygen atoms in total. The van der Waals surface area contributed by atoms with Crippen molar-refractivity contribution in [2.24, 2.45) is 11.8 Å². The fourth-order valence-corrected chi connectivity index (χ4v) is 5.07. The van der Waals surface area contributed by atoms with Crippen molar-refractivity contribution < 1.29 is 19.1 Å². The van der Waals surface area contributed by atoms with E-state index in [-0.39, 0.29) is 11.7 Å². The van der Waals surface area contributed by atoms with Crippen LogP contribution in [0.15, 0.2) is 36.4 Å². The van der Waals surface area contributed by atoms with Crippen molar-refractivity contribution in [3.8, 4) is 29.4 Å². The number of ketones is 2. The summed E-state index contributed by atoms with van der Waals surface area (Å²) in [4.78, 5) is 23.7. The first-order valence-corrected chi connectivity index (χ1v) is 13.9. The number of hydrogen-bond acceptors (Lipinski definition) is 3. The van der Waals surface area contributed by atoms with E-state index in [2.05, 4.69) is 23.7 Å². The molecule has 2 saturated carbocycles. The Balaban J connectivity index is 0.000000212. The fraction of sp³-hybridized carbons (Fsp3) is 0.471. The molecule has 0 spiro atoms. The van der Waals surface area contributed by atoms with E-state index in [9.17, 15) is 19.1 Å². The maximum absolute atomic E-state index is 12.7. The number of phenolic OH excluding ortho intramolecular Hbond substituents is 1. The van der Waals surface area contributed by atoms with Crippen LogP contribution >= 0.6 is 0 Å². The third-order valence-corrected chi connectivity index (χ3v) is 7.46. The highest BCUT2D eigenvalue weighted by atomic mass is 19.1. The van der Waals surface area contributed by atoms with Crippen LogP contribution < -0.4 is 0 Å². The van der Waals surface area contributed by atoms with Crippen LogP contribution in [0, 0.1) is 55.2 Å². The highest BCUT2D eigenvalue weighted by Crippen LogP contribution is 2.27. The van der Waals surface area contributed by atoms with Gasteiger partial charge in [-0.05, 0) is 87.1 Å². The van der Waals surface area contributed by atoms with E-state index >= 15 is 0 Å². The molecule has 2 aliphatic rings. The molecule has 2 aliphatic carbocycles. The van der Waals surface area contributed by atoms with Crippen LogP contribution in [0.25, 0.3) is 0 Å². The van der Waals surface area contributed by atoms with Crippen molar-refractivity contribution >= 4 is 11.6 Å². The quantitative estimate of drug-likeness (QED) is 0.404. The minimum atomic E-state index is -0.253. The van der Waals surface area contributed by atoms with Gasteiger partial charge in [-0.25, -0.2) is 4.39 Å². The lowest BCUT2D eigenvalue weighted by atomic mass is 9.99. The Labute approximate surface area is 227 Å². The summed E-state index contributed by atoms with van der Waals surface area (Å²) in [5.74, 6) is 13.5. The number of halogens is 1. The molecule has 2 fully saturated rings. The topological polar surface area (TPSA) is 54.4 Å². The molecule has 38 heavy (non-hydrogen) atoms. The van der Waals surface area contributed by atoms with E-state index in [4.69, 9.17) is 0 Å². The Kier molecular flexibility index (Phi) is 11.6. The summed E-state index contributed by atoms with van der Waals surface area (Å²) in [5.41, 5.74) is 3.54. The van der Waals surface area contributed by atoms with Crippen molar-refractivity contribution in [1.82, 2.24) is 0 Å². The summed E-state index contributed by atoms with van der Waals surface area (Å²) in [6.07, 6.45) is 11.4. The van der Waals surface area contributed by atoms with Crippen LogP contribution in [0.3, 0.4) is 0 Å². The largest absolute Gasteiger partial charge is 0.508 e. The summed E-state index contributed by atoms with van der Waals surface area (Å²) in [5, 5.41) is 9.60. The van der Waals surface area contributed by atoms with Crippen molar-refractivity contribution in [2.75, 3.05) is 0 Å². The molecular weight excluding hydrogens is 475 g/mol. The van der Waals surface area contributed by atoms with Gasteiger partial charge in [0.1, 0.15) is 23.1 Å². The smallest absolute Gasteiger partial charge is 0.136 e. The third kappa shape index (κ3) is 9.50. The number of phenols is 1. The lowest BCUT2D eigenvalue weighted by Crippen LogP contribution is -2.09. The van der Waals surface area contributed by atoms with Gasteiger partial charge in [0, 0.05) is 48.6 Å². The maximum Gasteiger partial charge on any atom is 0.136 e. The molecule has 4 heteroatoms. The van der Waals surface area contributed by atoms with Gasteiger partial charge in [-0.3, -0.25) is 9.59 Å². The van der Waals surface area contributed by atoms with Crippen molar-refractivity contribution in [2.45, 2.75) is 90.9 Å². The lowest BCUT2D eigenvalue weighted by Gasteiger charge is -2.05. The molecule has 2 aromatic carbocycles. The molecule has 1 N–H and O–H groups in total. The van der Waals surface area contributed by atoms with Gasteiger partial charge in [0.05, 0.1) is 0 Å². The van der Waals surface area contributed by atoms with Crippen molar-refractivity contribution in [3.63, 3.8) is 0 Å². The average Bonchev–Trinajstić information content (AvgIpc) is 3.64. The first-order valence-electron chi connectivity index (χ1n) is 13.9. The van der Waals surface area contributed by atoms with Gasteiger partial charge >= 0.3 is 0 Å². The zero-order chi connectivity index (χ0) is 27.3. The summed E-state index contributed by atoms with van der Waals surface area (Å²) in [6, 6.07) is 9.74. The Morgan fingerprint density at radius 2 is 1.29 bits per heavy atom. The molecule has 0 atom stereocenters. The van der Waals surface area contributed by atoms with Crippen molar-refractivity contribution in [3.05, 3.63) is 64.5 Å². The number of carbonyl (C=O) groups excluding carboxylic acids is 2. The number of aryl methyl sites for hydroxylation is 2. The van der Waals surface area contributed by atoms with Crippen LogP contribution in [0.2, 0.25) is 0 Å². The van der Waals surface area contributed by atoms with Gasteiger partial charge in [0.15, 0.2) is 0 Å². The molecule has 0 aromatic heterocycles. The maximum atomic E-state index is 12.7. The average molecular weight is 515 g/mol. The number of carbonyl (C=O) groups is 2. The zero-order valence-electron chi connectivity index (χ0n) is 22.7. The predicted molar refractivity (Wildman–Crippen MR) is 150 cm³/mol. The highest BCUT2D eigenvalue weighted by Gasteiger charge is 2.22. The van der Waals surface area contributed by atoms with Gasteiger partial charge in [0.25, 0.3) is 0 Å². The molecule has 200 valence electrons. The van der Waals surface area contributed by atoms with Gasteiger partial charge in [0.2, 0.25) is 0 Å². The molecular formula is C34H39FO3. The monoisotopic (exact) mass is 514 g/mol. The second-order valence-electron chi connectivity index (χ2n) is 10.5. The van der Waals surface area contributed by atoms with Gasteiger partial charge in [-0.1, -0.05) is 49.4 Å². The van der Waals surface area contributed by atoms with Crippen LogP contribution in [-0.2, 0) is 9.59 Å². The van der Waals surface area contributed by atoms with Gasteiger partial charge in [-0.2, -0.15) is 0 Å². The number of benzene rings is 2. The Morgan fingerprint density at radius 1 is 0.789 bits per heavy atom. The normalized spacial score (nSPS) is 15.0. The number of Topliss-reactive ketones (excluding diaryl/α,β-unsaturated/α-hetero) is 2. The minimum absolute atomic E-state index is 0.253. The van der Waals surface area contributed by atoms with Gasteiger partial charge in [-0.15, -0.1) is 0 Å². The van der Waals surface area contributed by atoms with E-state index in [0.29, 0.717) is 48.9 Å². The second-order valence-corrected chi connectivity index (χ2v) is 10.5. The Hall–Kier alpha value is -3.37. The Morgan fingerprint density at radius 3 is 1.82 bits per heavy atom. The van der Waals surface area contributed by atoms with E-state index in [1.807, 2.05) is 19.9 Å². The van der Waals surface area contributed by atoms with E-state index in [1.54, 1.807) is 18.2 Å². The SMILES string of the molecule is Cc1cc(C#CCCC(=O)C2CCCC2)c(C)cc1O.O=C(CCC#Cc1ccc(F)cc1)C1CCCC1. The second kappa shape index (κ2) is 15.1. The first kappa shape index (κ1) is 29.2. The van der Waals surface area contributed by atoms with E-state index in [0.717, 1.165) is 47.9 Å². The molecule has 0 bridgehead atoms. The summed E-state index contributed by atoms with van der Waals surface area (Å²) in [6.45, 7) is 3.80. The zero-order valence-corrected chi connectivity index (χ0v) is 22.7. The van der Waals surface area contributed by atoms with E-state index in [1.165, 1.54) is 37.8 Å². The molecule has 0 saturated heterocycles. The summed E-state index contributed by atoms with van der Waals surface area (Å²) >= 11 is 0. The summed E-state index contributed by atoms with van der Waals surface area (Å²) < 4.78 is 12.7. The molecule has 0 aliphatic heterocycles. The molecule has 0 unspecified atom stereocenters. The standard InChI is InChI=1S/C18H22O2.C16H17FO/c1-13-12-18(20)14(2)11-16(13)9-5-6-10-17(19)15-7-3-4-8-15;17-15-11-9-13(10-12-15)5-1-4-8-16(18)14-6-2-3-7-14/h11-12,15,20H,3-4,6-8,10H2,1-2H3;9-12,14H,2-4,6-8H2.